The maximum atomic E-state index is 12.9. The van der Waals surface area contributed by atoms with E-state index in [2.05, 4.69) is 9.97 Å². The number of hydrogen-bond acceptors (Lipinski definition) is 6. The van der Waals surface area contributed by atoms with E-state index in [0.29, 0.717) is 23.2 Å². The van der Waals surface area contributed by atoms with E-state index in [-0.39, 0.29) is 18.5 Å². The topological polar surface area (TPSA) is 90.8 Å². The van der Waals surface area contributed by atoms with Crippen molar-refractivity contribution in [3.8, 4) is 11.9 Å². The van der Waals surface area contributed by atoms with Gasteiger partial charge in [-0.15, -0.1) is 0 Å². The zero-order valence-electron chi connectivity index (χ0n) is 20.2. The largest absolute Gasteiger partial charge is 0.481 e. The molecule has 7 heteroatoms. The molecule has 4 aromatic rings. The smallest absolute Gasteiger partial charge is 0.348 e. The van der Waals surface area contributed by atoms with Crippen LogP contribution in [0.3, 0.4) is 0 Å². The van der Waals surface area contributed by atoms with Crippen molar-refractivity contribution in [2.24, 2.45) is 0 Å². The first-order valence-electron chi connectivity index (χ1n) is 11.6. The molecule has 0 aliphatic carbocycles. The molecule has 3 aromatic carbocycles. The zero-order valence-corrected chi connectivity index (χ0v) is 20.2. The second-order valence-corrected chi connectivity index (χ2v) is 8.22. The number of ether oxygens (including phenoxy) is 3. The van der Waals surface area contributed by atoms with Crippen molar-refractivity contribution in [3.63, 3.8) is 0 Å². The van der Waals surface area contributed by atoms with Crippen LogP contribution in [0, 0.1) is 6.92 Å². The standard InChI is InChI=1S/C29H28N2O5/c1-21-20-25(34-2)31-28(30-21)36-26(27(32)33)29(23-14-8-4-9-15-23,24-16-10-5-11-17-24)35-19-18-22-12-6-3-7-13-22/h3-17,20,26H,18-19H2,1-2H3,(H,32,33). The first kappa shape index (κ1) is 24.9. The number of methoxy groups -OCH3 is 1. The van der Waals surface area contributed by atoms with E-state index in [1.807, 2.05) is 91.0 Å². The van der Waals surface area contributed by atoms with Gasteiger partial charge >= 0.3 is 12.0 Å². The number of carbonyl (C=O) groups is 1. The summed E-state index contributed by atoms with van der Waals surface area (Å²) in [6, 6.07) is 29.9. The Hall–Kier alpha value is -4.23. The summed E-state index contributed by atoms with van der Waals surface area (Å²) in [6.07, 6.45) is -0.923. The first-order chi connectivity index (χ1) is 17.5. The van der Waals surface area contributed by atoms with Crippen LogP contribution in [0.1, 0.15) is 22.4 Å². The minimum absolute atomic E-state index is 0.109. The van der Waals surface area contributed by atoms with E-state index in [0.717, 1.165) is 5.56 Å². The van der Waals surface area contributed by atoms with Gasteiger partial charge < -0.3 is 19.3 Å². The highest BCUT2D eigenvalue weighted by atomic mass is 16.6. The van der Waals surface area contributed by atoms with E-state index in [1.165, 1.54) is 7.11 Å². The maximum absolute atomic E-state index is 12.9. The SMILES string of the molecule is COc1cc(C)nc(OC(C(=O)O)C(OCCc2ccccc2)(c2ccccc2)c2ccccc2)n1. The number of carboxylic acid groups (broad SMARTS) is 1. The van der Waals surface area contributed by atoms with Gasteiger partial charge in [-0.2, -0.15) is 4.98 Å². The quantitative estimate of drug-likeness (QED) is 0.326. The predicted molar refractivity (Wildman–Crippen MR) is 135 cm³/mol. The fourth-order valence-electron chi connectivity index (χ4n) is 4.14. The number of aromatic nitrogens is 2. The summed E-state index contributed by atoms with van der Waals surface area (Å²) in [7, 11) is 1.48. The highest BCUT2D eigenvalue weighted by Gasteiger charge is 2.50. The summed E-state index contributed by atoms with van der Waals surface area (Å²) < 4.78 is 17.9. The Morgan fingerprint density at radius 2 is 1.44 bits per heavy atom. The van der Waals surface area contributed by atoms with Crippen LogP contribution in [0.2, 0.25) is 0 Å². The molecule has 1 heterocycles. The van der Waals surface area contributed by atoms with E-state index in [4.69, 9.17) is 14.2 Å². The Balaban J connectivity index is 1.83. The lowest BCUT2D eigenvalue weighted by Crippen LogP contribution is -2.51. The molecule has 1 unspecified atom stereocenters. The molecule has 4 rings (SSSR count). The maximum Gasteiger partial charge on any atom is 0.348 e. The number of rotatable bonds is 11. The summed E-state index contributed by atoms with van der Waals surface area (Å²) in [5, 5.41) is 10.5. The van der Waals surface area contributed by atoms with Crippen molar-refractivity contribution < 1.29 is 24.1 Å². The minimum atomic E-state index is -1.51. The van der Waals surface area contributed by atoms with Crippen molar-refractivity contribution >= 4 is 5.97 Å². The molecule has 1 aromatic heterocycles. The van der Waals surface area contributed by atoms with Crippen molar-refractivity contribution in [3.05, 3.63) is 119 Å². The van der Waals surface area contributed by atoms with E-state index in [9.17, 15) is 9.90 Å². The van der Waals surface area contributed by atoms with Gasteiger partial charge in [0.2, 0.25) is 12.0 Å². The molecule has 0 radical (unpaired) electrons. The van der Waals surface area contributed by atoms with Crippen LogP contribution in [-0.4, -0.2) is 40.9 Å². The molecule has 0 aliphatic heterocycles. The van der Waals surface area contributed by atoms with Gasteiger partial charge in [0.25, 0.3) is 0 Å². The van der Waals surface area contributed by atoms with Crippen molar-refractivity contribution in [1.29, 1.82) is 0 Å². The first-order valence-corrected chi connectivity index (χ1v) is 11.6. The molecule has 0 saturated carbocycles. The third-order valence-corrected chi connectivity index (χ3v) is 5.80. The Labute approximate surface area is 210 Å². The van der Waals surface area contributed by atoms with Gasteiger partial charge in [-0.1, -0.05) is 91.0 Å². The molecule has 36 heavy (non-hydrogen) atoms. The van der Waals surface area contributed by atoms with Crippen LogP contribution in [0.5, 0.6) is 11.9 Å². The molecular formula is C29H28N2O5. The van der Waals surface area contributed by atoms with Crippen LogP contribution >= 0.6 is 0 Å². The van der Waals surface area contributed by atoms with Crippen LogP contribution in [0.15, 0.2) is 97.1 Å². The summed E-state index contributed by atoms with van der Waals surface area (Å²) in [5.74, 6) is -0.942. The van der Waals surface area contributed by atoms with E-state index in [1.54, 1.807) is 13.0 Å². The lowest BCUT2D eigenvalue weighted by atomic mass is 9.81. The summed E-state index contributed by atoms with van der Waals surface area (Å²) in [4.78, 5) is 21.4. The fourth-order valence-corrected chi connectivity index (χ4v) is 4.14. The average molecular weight is 485 g/mol. The predicted octanol–water partition coefficient (Wildman–Crippen LogP) is 4.83. The molecule has 0 amide bonds. The molecule has 7 nitrogen and oxygen atoms in total. The Morgan fingerprint density at radius 1 is 0.889 bits per heavy atom. The highest BCUT2D eigenvalue weighted by Crippen LogP contribution is 2.39. The van der Waals surface area contributed by atoms with Crippen molar-refractivity contribution in [1.82, 2.24) is 9.97 Å². The van der Waals surface area contributed by atoms with Crippen molar-refractivity contribution in [2.45, 2.75) is 25.0 Å². The van der Waals surface area contributed by atoms with Crippen molar-refractivity contribution in [2.75, 3.05) is 13.7 Å². The zero-order chi connectivity index (χ0) is 25.4. The molecule has 0 fully saturated rings. The third kappa shape index (κ3) is 5.53. The lowest BCUT2D eigenvalue weighted by molar-refractivity contribution is -0.164. The molecule has 0 aliphatic rings. The Kier molecular flexibility index (Phi) is 7.92. The average Bonchev–Trinajstić information content (AvgIpc) is 2.91. The Bertz CT molecular complexity index is 1230. The van der Waals surface area contributed by atoms with Gasteiger partial charge in [0.15, 0.2) is 5.60 Å². The highest BCUT2D eigenvalue weighted by molar-refractivity contribution is 5.76. The number of carboxylic acids is 1. The lowest BCUT2D eigenvalue weighted by Gasteiger charge is -2.39. The van der Waals surface area contributed by atoms with Crippen LogP contribution in [-0.2, 0) is 21.6 Å². The molecular weight excluding hydrogens is 456 g/mol. The minimum Gasteiger partial charge on any atom is -0.481 e. The van der Waals surface area contributed by atoms with Crippen LogP contribution < -0.4 is 9.47 Å². The van der Waals surface area contributed by atoms with E-state index < -0.39 is 17.7 Å². The van der Waals surface area contributed by atoms with Gasteiger partial charge in [0.1, 0.15) is 0 Å². The normalized spacial score (nSPS) is 12.1. The molecule has 0 saturated heterocycles. The summed E-state index contributed by atoms with van der Waals surface area (Å²) in [6.45, 7) is 2.00. The van der Waals surface area contributed by atoms with Gasteiger partial charge in [-0.25, -0.2) is 9.78 Å². The Morgan fingerprint density at radius 3 is 1.97 bits per heavy atom. The fraction of sp³-hybridized carbons (Fsp3) is 0.207. The molecule has 1 atom stereocenters. The molecule has 1 N–H and O–H groups in total. The van der Waals surface area contributed by atoms with Gasteiger partial charge in [0, 0.05) is 11.8 Å². The number of hydrogen-bond donors (Lipinski definition) is 1. The third-order valence-electron chi connectivity index (χ3n) is 5.80. The van der Waals surface area contributed by atoms with Crippen LogP contribution in [0.25, 0.3) is 0 Å². The summed E-state index contributed by atoms with van der Waals surface area (Å²) >= 11 is 0. The van der Waals surface area contributed by atoms with Crippen LogP contribution in [0.4, 0.5) is 0 Å². The van der Waals surface area contributed by atoms with Gasteiger partial charge in [-0.3, -0.25) is 0 Å². The molecule has 0 spiro atoms. The number of nitrogens with zero attached hydrogens (tertiary/aromatic N) is 2. The second-order valence-electron chi connectivity index (χ2n) is 8.22. The number of aryl methyl sites for hydroxylation is 1. The summed E-state index contributed by atoms with van der Waals surface area (Å²) in [5.41, 5.74) is 1.43. The van der Waals surface area contributed by atoms with Gasteiger partial charge in [-0.05, 0) is 30.0 Å². The van der Waals surface area contributed by atoms with Gasteiger partial charge in [0.05, 0.1) is 13.7 Å². The second kappa shape index (κ2) is 11.5. The molecule has 0 bridgehead atoms. The molecule has 184 valence electrons. The number of aliphatic carboxylic acids is 1. The van der Waals surface area contributed by atoms with E-state index >= 15 is 0 Å². The number of benzene rings is 3. The monoisotopic (exact) mass is 484 g/mol.